The van der Waals surface area contributed by atoms with Gasteiger partial charge in [0.25, 0.3) is 0 Å². The third kappa shape index (κ3) is 8.05. The molecule has 0 spiro atoms. The van der Waals surface area contributed by atoms with Crippen molar-refractivity contribution in [1.82, 2.24) is 4.57 Å². The van der Waals surface area contributed by atoms with Gasteiger partial charge in [-0.15, -0.1) is 0 Å². The van der Waals surface area contributed by atoms with Crippen molar-refractivity contribution in [2.45, 2.75) is 90.3 Å². The summed E-state index contributed by atoms with van der Waals surface area (Å²) in [6.07, 6.45) is -7.62. The van der Waals surface area contributed by atoms with Gasteiger partial charge in [-0.2, -0.15) is 30.7 Å². The predicted octanol–water partition coefficient (Wildman–Crippen LogP) is 12.8. The smallest absolute Gasteiger partial charge is 0.347 e. The van der Waals surface area contributed by atoms with Gasteiger partial charge in [0, 0.05) is 31.3 Å². The lowest BCUT2D eigenvalue weighted by molar-refractivity contribution is -0.376. The van der Waals surface area contributed by atoms with Crippen molar-refractivity contribution in [1.29, 1.82) is 0 Å². The number of alkyl halides is 7. The van der Waals surface area contributed by atoms with Crippen LogP contribution in [0.3, 0.4) is 0 Å². The fourth-order valence-corrected chi connectivity index (χ4v) is 7.90. The summed E-state index contributed by atoms with van der Waals surface area (Å²) < 4.78 is 114. The lowest BCUT2D eigenvalue weighted by Crippen LogP contribution is -2.58. The van der Waals surface area contributed by atoms with Crippen molar-refractivity contribution < 1.29 is 44.5 Å². The molecular formula is C49H49BF7N2O2+. The summed E-state index contributed by atoms with van der Waals surface area (Å²) in [5.74, 6) is -12.0. The second kappa shape index (κ2) is 15.6. The van der Waals surface area contributed by atoms with E-state index in [-0.39, 0.29) is 10.8 Å². The number of hydrogen-bond acceptors (Lipinski definition) is 2. The molecule has 0 aliphatic carbocycles. The van der Waals surface area contributed by atoms with Crippen molar-refractivity contribution in [2.75, 3.05) is 6.61 Å². The van der Waals surface area contributed by atoms with Crippen LogP contribution in [0.25, 0.3) is 33.4 Å². The monoisotopic (exact) mass is 841 g/mol. The summed E-state index contributed by atoms with van der Waals surface area (Å²) in [5.41, 5.74) is 10.8. The Kier molecular flexibility index (Phi) is 11.2. The Bertz CT molecular complexity index is 2520. The number of nitrogens with zero attached hydrogens (tertiary/aromatic N) is 2. The van der Waals surface area contributed by atoms with E-state index in [0.717, 1.165) is 50.3 Å². The first kappa shape index (κ1) is 43.9. The van der Waals surface area contributed by atoms with Gasteiger partial charge < -0.3 is 13.9 Å². The topological polar surface area (TPSA) is 26.4 Å². The van der Waals surface area contributed by atoms with Crippen LogP contribution in [0, 0.1) is 6.92 Å². The van der Waals surface area contributed by atoms with Gasteiger partial charge in [0.2, 0.25) is 5.70 Å². The zero-order chi connectivity index (χ0) is 44.4. The third-order valence-electron chi connectivity index (χ3n) is 11.6. The quantitative estimate of drug-likeness (QED) is 0.115. The molecule has 1 fully saturated rings. The third-order valence-corrected chi connectivity index (χ3v) is 11.6. The van der Waals surface area contributed by atoms with Crippen molar-refractivity contribution in [3.8, 4) is 22.3 Å². The number of aryl methyl sites for hydroxylation is 1. The molecular weight excluding hydrogens is 792 g/mol. The van der Waals surface area contributed by atoms with Crippen molar-refractivity contribution in [2.24, 2.45) is 7.05 Å². The summed E-state index contributed by atoms with van der Waals surface area (Å²) in [6.45, 7) is 15.1. The second-order valence-electron chi connectivity index (χ2n) is 18.0. The van der Waals surface area contributed by atoms with E-state index in [9.17, 15) is 22.0 Å². The number of halogens is 7. The fourth-order valence-electron chi connectivity index (χ4n) is 7.90. The number of hydrogen-bond donors (Lipinski definition) is 0. The Morgan fingerprint density at radius 2 is 1.18 bits per heavy atom. The van der Waals surface area contributed by atoms with Gasteiger partial charge in [-0.05, 0) is 62.8 Å². The Morgan fingerprint density at radius 3 is 1.70 bits per heavy atom. The zero-order valence-corrected chi connectivity index (χ0v) is 35.7. The molecule has 7 rings (SSSR count). The molecule has 0 bridgehead atoms. The molecule has 0 radical (unpaired) electrons. The van der Waals surface area contributed by atoms with E-state index in [4.69, 9.17) is 9.31 Å². The van der Waals surface area contributed by atoms with E-state index in [2.05, 4.69) is 71.9 Å². The van der Waals surface area contributed by atoms with Gasteiger partial charge in [0.15, 0.2) is 5.71 Å². The van der Waals surface area contributed by atoms with Crippen molar-refractivity contribution >= 4 is 24.1 Å². The SMILES string of the molecule is CC1=[N+](B2OCC(C(F)(F)C(F)(F)C(F)(F)F)O2)/C(=C(/c2ccc(-c3ccccc3)cc2)c2c(-c3ccc(C(C)(C)C)cc3)cc(C)n2C)C(c2ccc(C(C)(C)C)cc2)=C1. The van der Waals surface area contributed by atoms with Crippen LogP contribution in [0.1, 0.15) is 82.1 Å². The zero-order valence-electron chi connectivity index (χ0n) is 35.7. The minimum atomic E-state index is -6.53. The lowest BCUT2D eigenvalue weighted by Gasteiger charge is -2.30. The standard InChI is InChI=1S/C49H49BF7N2O2/c1-30-27-39(34-19-23-37(24-20-34)45(3,4)5)43(58(30)9)42(36-17-15-33(16-18-36)32-13-11-10-12-14-32)44-40(35-21-25-38(26-22-35)46(6,7)8)28-31(2)59(44)50-60-29-41(61-50)47(51,52)48(53,54)49(55,56)57/h10-28,41H,29H2,1-9H3/q+1. The average molecular weight is 842 g/mol. The molecule has 0 saturated carbocycles. The second-order valence-corrected chi connectivity index (χ2v) is 18.0. The lowest BCUT2D eigenvalue weighted by atomic mass is 9.84. The van der Waals surface area contributed by atoms with E-state index in [0.29, 0.717) is 28.1 Å². The van der Waals surface area contributed by atoms with Gasteiger partial charge >= 0.3 is 25.3 Å². The van der Waals surface area contributed by atoms with Crippen LogP contribution in [-0.2, 0) is 27.2 Å². The highest BCUT2D eigenvalue weighted by molar-refractivity contribution is 6.38. The maximum Gasteiger partial charge on any atom is 0.850 e. The summed E-state index contributed by atoms with van der Waals surface area (Å²) in [6, 6.07) is 36.0. The first-order valence-corrected chi connectivity index (χ1v) is 20.1. The summed E-state index contributed by atoms with van der Waals surface area (Å²) in [7, 11) is 0.124. The molecule has 318 valence electrons. The van der Waals surface area contributed by atoms with Gasteiger partial charge in [-0.25, -0.2) is 4.49 Å². The largest absolute Gasteiger partial charge is 0.850 e. The molecule has 1 aromatic heterocycles. The van der Waals surface area contributed by atoms with E-state index in [1.807, 2.05) is 103 Å². The van der Waals surface area contributed by atoms with Crippen LogP contribution in [0.5, 0.6) is 0 Å². The Labute approximate surface area is 353 Å². The molecule has 2 aliphatic rings. The fraction of sp³-hybridized carbons (Fsp3) is 0.327. The highest BCUT2D eigenvalue weighted by atomic mass is 19.4. The van der Waals surface area contributed by atoms with Crippen LogP contribution in [0.2, 0.25) is 0 Å². The molecule has 4 aromatic carbocycles. The average Bonchev–Trinajstić information content (AvgIpc) is 3.91. The van der Waals surface area contributed by atoms with E-state index >= 15 is 8.78 Å². The van der Waals surface area contributed by atoms with Crippen LogP contribution in [0.15, 0.2) is 121 Å². The van der Waals surface area contributed by atoms with Gasteiger partial charge in [-0.3, -0.25) is 0 Å². The Morgan fingerprint density at radius 1 is 0.672 bits per heavy atom. The molecule has 5 aromatic rings. The minimum absolute atomic E-state index is 0.110. The Balaban J connectivity index is 1.50. The molecule has 61 heavy (non-hydrogen) atoms. The molecule has 1 unspecified atom stereocenters. The number of benzene rings is 4. The highest BCUT2D eigenvalue weighted by Gasteiger charge is 2.77. The summed E-state index contributed by atoms with van der Waals surface area (Å²) in [5, 5.41) is 0. The van der Waals surface area contributed by atoms with Gasteiger partial charge in [-0.1, -0.05) is 145 Å². The van der Waals surface area contributed by atoms with E-state index < -0.39 is 38.0 Å². The predicted molar refractivity (Wildman–Crippen MR) is 229 cm³/mol. The van der Waals surface area contributed by atoms with Gasteiger partial charge in [0.05, 0.1) is 23.4 Å². The van der Waals surface area contributed by atoms with Crippen molar-refractivity contribution in [3.63, 3.8) is 0 Å². The molecule has 1 atom stereocenters. The van der Waals surface area contributed by atoms with Gasteiger partial charge in [0.1, 0.15) is 6.10 Å². The summed E-state index contributed by atoms with van der Waals surface area (Å²) >= 11 is 0. The molecule has 12 heteroatoms. The summed E-state index contributed by atoms with van der Waals surface area (Å²) in [4.78, 5) is 0. The van der Waals surface area contributed by atoms with Crippen LogP contribution in [0.4, 0.5) is 30.7 Å². The first-order chi connectivity index (χ1) is 28.4. The molecule has 0 N–H and O–H groups in total. The van der Waals surface area contributed by atoms with Crippen LogP contribution < -0.4 is 0 Å². The first-order valence-electron chi connectivity index (χ1n) is 20.1. The molecule has 0 amide bonds. The normalized spacial score (nSPS) is 17.7. The molecule has 2 aliphatic heterocycles. The molecule has 4 nitrogen and oxygen atoms in total. The minimum Gasteiger partial charge on any atom is -0.347 e. The number of rotatable bonds is 8. The van der Waals surface area contributed by atoms with E-state index in [1.165, 1.54) is 4.49 Å². The van der Waals surface area contributed by atoms with E-state index in [1.54, 1.807) is 6.92 Å². The highest BCUT2D eigenvalue weighted by Crippen LogP contribution is 2.50. The van der Waals surface area contributed by atoms with Crippen LogP contribution >= 0.6 is 0 Å². The molecule has 1 saturated heterocycles. The molecule has 3 heterocycles. The maximum atomic E-state index is 15.3. The number of allylic oxidation sites excluding steroid dienone is 2. The van der Waals surface area contributed by atoms with Crippen LogP contribution in [-0.4, -0.2) is 52.8 Å². The van der Waals surface area contributed by atoms with Crippen molar-refractivity contribution in [3.05, 3.63) is 155 Å². The number of aromatic nitrogens is 1. The maximum absolute atomic E-state index is 15.3. The Hall–Kier alpha value is -5.20.